The van der Waals surface area contributed by atoms with Gasteiger partial charge in [0.2, 0.25) is 0 Å². The first kappa shape index (κ1) is 14.2. The van der Waals surface area contributed by atoms with E-state index in [9.17, 15) is 9.90 Å². The molecule has 0 unspecified atom stereocenters. The molecule has 6 nitrogen and oxygen atoms in total. The molecule has 6 heteroatoms. The Morgan fingerprint density at radius 3 is 2.56 bits per heavy atom. The normalized spacial score (nSPS) is 10.3. The molecule has 1 aromatic heterocycles. The van der Waals surface area contributed by atoms with E-state index >= 15 is 0 Å². The number of aromatic nitrogens is 1. The van der Waals surface area contributed by atoms with E-state index in [0.717, 1.165) is 4.57 Å². The van der Waals surface area contributed by atoms with Crippen LogP contribution in [0.2, 0.25) is 0 Å². The topological polar surface area (TPSA) is 95.5 Å². The van der Waals surface area contributed by atoms with Crippen LogP contribution in [-0.2, 0) is 11.3 Å². The average Bonchev–Trinajstić information content (AvgIpc) is 2.36. The van der Waals surface area contributed by atoms with Crippen LogP contribution >= 0.6 is 0 Å². The minimum absolute atomic E-state index is 0.0347. The van der Waals surface area contributed by atoms with Gasteiger partial charge in [-0.1, -0.05) is 0 Å². The summed E-state index contributed by atoms with van der Waals surface area (Å²) in [6.45, 7) is 3.67. The predicted molar refractivity (Wildman–Crippen MR) is 64.5 cm³/mol. The molecule has 0 fully saturated rings. The van der Waals surface area contributed by atoms with Crippen molar-refractivity contribution in [1.29, 1.82) is 5.26 Å². The van der Waals surface area contributed by atoms with E-state index in [1.165, 1.54) is 0 Å². The van der Waals surface area contributed by atoms with Crippen LogP contribution in [0.25, 0.3) is 0 Å². The van der Waals surface area contributed by atoms with Crippen LogP contribution in [0, 0.1) is 25.2 Å². The van der Waals surface area contributed by atoms with Gasteiger partial charge in [0.15, 0.2) is 5.88 Å². The number of hydrogen-bond donors (Lipinski definition) is 2. The molecule has 0 bridgehead atoms. The third-order valence-corrected chi connectivity index (χ3v) is 2.79. The molecule has 1 heterocycles. The van der Waals surface area contributed by atoms with E-state index in [1.807, 2.05) is 6.07 Å². The fraction of sp³-hybridized carbons (Fsp3) is 0.500. The summed E-state index contributed by atoms with van der Waals surface area (Å²) in [5.74, 6) is -0.149. The highest BCUT2D eigenvalue weighted by atomic mass is 16.5. The Kier molecular flexibility index (Phi) is 4.89. The lowest BCUT2D eigenvalue weighted by Gasteiger charge is -2.13. The second-order valence-corrected chi connectivity index (χ2v) is 3.85. The summed E-state index contributed by atoms with van der Waals surface area (Å²) in [4.78, 5) is 11.9. The molecule has 0 aromatic carbocycles. The van der Waals surface area contributed by atoms with Gasteiger partial charge in [-0.05, 0) is 19.4 Å². The molecule has 0 saturated carbocycles. The third kappa shape index (κ3) is 2.70. The Bertz CT molecular complexity index is 528. The second kappa shape index (κ2) is 6.19. The van der Waals surface area contributed by atoms with E-state index in [2.05, 4.69) is 0 Å². The van der Waals surface area contributed by atoms with E-state index in [4.69, 9.17) is 15.1 Å². The maximum absolute atomic E-state index is 11.9. The van der Waals surface area contributed by atoms with Crippen LogP contribution in [-0.4, -0.2) is 34.6 Å². The Morgan fingerprint density at radius 1 is 1.33 bits per heavy atom. The van der Waals surface area contributed by atoms with Crippen LogP contribution < -0.4 is 5.56 Å². The maximum atomic E-state index is 11.9. The van der Waals surface area contributed by atoms with Crippen molar-refractivity contribution >= 4 is 0 Å². The van der Waals surface area contributed by atoms with Gasteiger partial charge in [-0.3, -0.25) is 9.36 Å². The van der Waals surface area contributed by atoms with Crippen molar-refractivity contribution in [2.24, 2.45) is 0 Å². The van der Waals surface area contributed by atoms with E-state index in [-0.39, 0.29) is 37.8 Å². The van der Waals surface area contributed by atoms with Crippen molar-refractivity contribution in [3.05, 3.63) is 27.0 Å². The molecule has 0 amide bonds. The quantitative estimate of drug-likeness (QED) is 0.722. The summed E-state index contributed by atoms with van der Waals surface area (Å²) < 4.78 is 6.15. The Labute approximate surface area is 105 Å². The molecule has 18 heavy (non-hydrogen) atoms. The number of ether oxygens (including phenoxy) is 1. The number of nitriles is 1. The van der Waals surface area contributed by atoms with Gasteiger partial charge in [0.25, 0.3) is 5.56 Å². The number of aliphatic hydroxyl groups excluding tert-OH is 1. The number of aromatic hydroxyl groups is 1. The summed E-state index contributed by atoms with van der Waals surface area (Å²) >= 11 is 0. The van der Waals surface area contributed by atoms with Crippen LogP contribution in [0.3, 0.4) is 0 Å². The second-order valence-electron chi connectivity index (χ2n) is 3.85. The molecular weight excluding hydrogens is 236 g/mol. The van der Waals surface area contributed by atoms with Crippen LogP contribution in [0.15, 0.2) is 4.79 Å². The van der Waals surface area contributed by atoms with E-state index in [0.29, 0.717) is 11.1 Å². The van der Waals surface area contributed by atoms with Crippen molar-refractivity contribution in [3.63, 3.8) is 0 Å². The first-order valence-corrected chi connectivity index (χ1v) is 5.56. The lowest BCUT2D eigenvalue weighted by molar-refractivity contribution is 0.0853. The first-order chi connectivity index (χ1) is 8.54. The average molecular weight is 252 g/mol. The zero-order valence-electron chi connectivity index (χ0n) is 10.4. The van der Waals surface area contributed by atoms with Gasteiger partial charge >= 0.3 is 0 Å². The standard InChI is InChI=1S/C12H16N2O4/c1-8-9(2)11(16)14(3-5-18-6-4-15)12(17)10(8)7-13/h15-16H,3-6H2,1-2H3. The zero-order chi connectivity index (χ0) is 13.7. The third-order valence-electron chi connectivity index (χ3n) is 2.79. The largest absolute Gasteiger partial charge is 0.494 e. The highest BCUT2D eigenvalue weighted by Gasteiger charge is 2.15. The van der Waals surface area contributed by atoms with Crippen molar-refractivity contribution < 1.29 is 14.9 Å². The SMILES string of the molecule is Cc1c(C)c(O)n(CCOCCO)c(=O)c1C#N. The summed E-state index contributed by atoms with van der Waals surface area (Å²) in [5.41, 5.74) is 0.513. The van der Waals surface area contributed by atoms with Gasteiger partial charge in [0.05, 0.1) is 26.4 Å². The Morgan fingerprint density at radius 2 is 2.00 bits per heavy atom. The minimum atomic E-state index is -0.523. The molecule has 2 N–H and O–H groups in total. The highest BCUT2D eigenvalue weighted by Crippen LogP contribution is 2.19. The summed E-state index contributed by atoms with van der Waals surface area (Å²) in [5, 5.41) is 27.4. The van der Waals surface area contributed by atoms with Gasteiger partial charge < -0.3 is 14.9 Å². The zero-order valence-corrected chi connectivity index (χ0v) is 10.4. The lowest BCUT2D eigenvalue weighted by atomic mass is 10.1. The minimum Gasteiger partial charge on any atom is -0.494 e. The van der Waals surface area contributed by atoms with E-state index in [1.54, 1.807) is 13.8 Å². The molecule has 0 radical (unpaired) electrons. The van der Waals surface area contributed by atoms with Gasteiger partial charge in [0, 0.05) is 5.56 Å². The Balaban J connectivity index is 3.09. The highest BCUT2D eigenvalue weighted by molar-refractivity contribution is 5.44. The predicted octanol–water partition coefficient (Wildman–Crippen LogP) is 0.0513. The van der Waals surface area contributed by atoms with Crippen molar-refractivity contribution in [2.75, 3.05) is 19.8 Å². The van der Waals surface area contributed by atoms with Gasteiger partial charge in [-0.15, -0.1) is 0 Å². The fourth-order valence-electron chi connectivity index (χ4n) is 1.61. The van der Waals surface area contributed by atoms with Crippen LogP contribution in [0.4, 0.5) is 0 Å². The smallest absolute Gasteiger partial charge is 0.271 e. The summed E-state index contributed by atoms with van der Waals surface area (Å²) in [7, 11) is 0. The molecule has 0 saturated heterocycles. The number of hydrogen-bond acceptors (Lipinski definition) is 5. The monoisotopic (exact) mass is 252 g/mol. The van der Waals surface area contributed by atoms with Crippen LogP contribution in [0.5, 0.6) is 5.88 Å². The number of pyridine rings is 1. The van der Waals surface area contributed by atoms with Crippen molar-refractivity contribution in [3.8, 4) is 11.9 Å². The lowest BCUT2D eigenvalue weighted by Crippen LogP contribution is -2.26. The van der Waals surface area contributed by atoms with Gasteiger partial charge in [-0.25, -0.2) is 0 Å². The molecule has 0 spiro atoms. The number of aliphatic hydroxyl groups is 1. The Hall–Kier alpha value is -1.84. The molecular formula is C12H16N2O4. The molecule has 0 aliphatic heterocycles. The molecule has 1 rings (SSSR count). The van der Waals surface area contributed by atoms with Crippen LogP contribution in [0.1, 0.15) is 16.7 Å². The molecule has 1 aromatic rings. The molecule has 98 valence electrons. The fourth-order valence-corrected chi connectivity index (χ4v) is 1.61. The maximum Gasteiger partial charge on any atom is 0.271 e. The van der Waals surface area contributed by atoms with Gasteiger partial charge in [0.1, 0.15) is 11.6 Å². The molecule has 0 aliphatic rings. The number of rotatable bonds is 5. The summed E-state index contributed by atoms with van der Waals surface area (Å²) in [6, 6.07) is 1.85. The number of nitrogens with zero attached hydrogens (tertiary/aromatic N) is 2. The van der Waals surface area contributed by atoms with Crippen molar-refractivity contribution in [1.82, 2.24) is 4.57 Å². The van der Waals surface area contributed by atoms with E-state index < -0.39 is 5.56 Å². The van der Waals surface area contributed by atoms with Gasteiger partial charge in [-0.2, -0.15) is 5.26 Å². The van der Waals surface area contributed by atoms with Crippen molar-refractivity contribution in [2.45, 2.75) is 20.4 Å². The summed E-state index contributed by atoms with van der Waals surface area (Å²) in [6.07, 6.45) is 0. The molecule has 0 atom stereocenters. The first-order valence-electron chi connectivity index (χ1n) is 5.56. The molecule has 0 aliphatic carbocycles.